The van der Waals surface area contributed by atoms with Gasteiger partial charge in [0.05, 0.1) is 25.3 Å². The van der Waals surface area contributed by atoms with Gasteiger partial charge in [-0.2, -0.15) is 0 Å². The minimum Gasteiger partial charge on any atom is -0.381 e. The lowest BCUT2D eigenvalue weighted by molar-refractivity contribution is -0.116. The molecule has 0 atom stereocenters. The Morgan fingerprint density at radius 1 is 1.17 bits per heavy atom. The van der Waals surface area contributed by atoms with Crippen LogP contribution in [0.3, 0.4) is 0 Å². The standard InChI is InChI=1S/C16H25N5O2/c1-2-4-14(5-3-1)12-21-15(17-18-19-21)20-8-11-23-16(13-20)6-9-22-10-7-16/h4H,1-3,5-13H2. The summed E-state index contributed by atoms with van der Waals surface area (Å²) in [6.45, 7) is 4.82. The minimum atomic E-state index is -0.0859. The zero-order valence-electron chi connectivity index (χ0n) is 13.6. The summed E-state index contributed by atoms with van der Waals surface area (Å²) in [5.74, 6) is 0.880. The van der Waals surface area contributed by atoms with Crippen LogP contribution in [0.2, 0.25) is 0 Å². The van der Waals surface area contributed by atoms with E-state index < -0.39 is 0 Å². The highest BCUT2D eigenvalue weighted by Gasteiger charge is 2.39. The zero-order valence-corrected chi connectivity index (χ0v) is 13.6. The second kappa shape index (κ2) is 6.57. The third kappa shape index (κ3) is 3.26. The number of nitrogens with zero attached hydrogens (tertiary/aromatic N) is 5. The fourth-order valence-corrected chi connectivity index (χ4v) is 3.83. The third-order valence-electron chi connectivity index (χ3n) is 5.19. The van der Waals surface area contributed by atoms with E-state index in [9.17, 15) is 0 Å². The Hall–Kier alpha value is -1.47. The van der Waals surface area contributed by atoms with Crippen LogP contribution in [0.4, 0.5) is 5.95 Å². The predicted octanol–water partition coefficient (Wildman–Crippen LogP) is 1.56. The number of rotatable bonds is 3. The molecule has 7 nitrogen and oxygen atoms in total. The number of tetrazole rings is 1. The lowest BCUT2D eigenvalue weighted by atomic mass is 9.92. The summed E-state index contributed by atoms with van der Waals surface area (Å²) in [7, 11) is 0. The van der Waals surface area contributed by atoms with Crippen molar-refractivity contribution in [3.8, 4) is 0 Å². The summed E-state index contributed by atoms with van der Waals surface area (Å²) in [6, 6.07) is 0. The highest BCUT2D eigenvalue weighted by Crippen LogP contribution is 2.31. The quantitative estimate of drug-likeness (QED) is 0.788. The Labute approximate surface area is 136 Å². The second-order valence-corrected chi connectivity index (χ2v) is 6.81. The van der Waals surface area contributed by atoms with Gasteiger partial charge in [0.2, 0.25) is 5.95 Å². The molecule has 0 N–H and O–H groups in total. The topological polar surface area (TPSA) is 65.3 Å². The maximum atomic E-state index is 6.11. The Bertz CT molecular complexity index is 559. The molecule has 1 aliphatic carbocycles. The van der Waals surface area contributed by atoms with Crippen molar-refractivity contribution in [1.29, 1.82) is 0 Å². The lowest BCUT2D eigenvalue weighted by Crippen LogP contribution is -2.55. The van der Waals surface area contributed by atoms with E-state index in [1.54, 1.807) is 0 Å². The Balaban J connectivity index is 1.49. The maximum Gasteiger partial charge on any atom is 0.246 e. The summed E-state index contributed by atoms with van der Waals surface area (Å²) >= 11 is 0. The Kier molecular flexibility index (Phi) is 4.31. The number of anilines is 1. The molecule has 1 aromatic heterocycles. The van der Waals surface area contributed by atoms with Crippen molar-refractivity contribution < 1.29 is 9.47 Å². The third-order valence-corrected chi connectivity index (χ3v) is 5.19. The summed E-state index contributed by atoms with van der Waals surface area (Å²) in [4.78, 5) is 2.29. The Morgan fingerprint density at radius 3 is 2.91 bits per heavy atom. The van der Waals surface area contributed by atoms with Crippen LogP contribution in [0, 0.1) is 0 Å². The maximum absolute atomic E-state index is 6.11. The molecule has 0 bridgehead atoms. The van der Waals surface area contributed by atoms with E-state index in [0.717, 1.165) is 58.2 Å². The van der Waals surface area contributed by atoms with Crippen LogP contribution in [0.25, 0.3) is 0 Å². The van der Waals surface area contributed by atoms with Crippen molar-refractivity contribution in [3.63, 3.8) is 0 Å². The van der Waals surface area contributed by atoms with Crippen molar-refractivity contribution in [2.75, 3.05) is 37.8 Å². The van der Waals surface area contributed by atoms with Gasteiger partial charge in [0.25, 0.3) is 0 Å². The van der Waals surface area contributed by atoms with Gasteiger partial charge in [-0.05, 0) is 36.1 Å². The van der Waals surface area contributed by atoms with E-state index in [2.05, 4.69) is 26.5 Å². The summed E-state index contributed by atoms with van der Waals surface area (Å²) in [5.41, 5.74) is 1.37. The largest absolute Gasteiger partial charge is 0.381 e. The first-order valence-corrected chi connectivity index (χ1v) is 8.75. The van der Waals surface area contributed by atoms with Crippen LogP contribution in [-0.2, 0) is 16.0 Å². The molecule has 2 aliphatic heterocycles. The van der Waals surface area contributed by atoms with Crippen LogP contribution in [0.1, 0.15) is 38.5 Å². The summed E-state index contributed by atoms with van der Waals surface area (Å²) in [5, 5.41) is 12.4. The van der Waals surface area contributed by atoms with Gasteiger partial charge in [0.15, 0.2) is 0 Å². The summed E-state index contributed by atoms with van der Waals surface area (Å²) in [6.07, 6.45) is 9.21. The van der Waals surface area contributed by atoms with Crippen molar-refractivity contribution in [3.05, 3.63) is 11.6 Å². The average Bonchev–Trinajstić information content (AvgIpc) is 3.05. The van der Waals surface area contributed by atoms with Crippen LogP contribution in [0.5, 0.6) is 0 Å². The van der Waals surface area contributed by atoms with Crippen LogP contribution < -0.4 is 4.90 Å². The molecular formula is C16H25N5O2. The second-order valence-electron chi connectivity index (χ2n) is 6.81. The van der Waals surface area contributed by atoms with Gasteiger partial charge in [-0.25, -0.2) is 4.68 Å². The van der Waals surface area contributed by atoms with Gasteiger partial charge in [0, 0.05) is 32.6 Å². The molecule has 126 valence electrons. The van der Waals surface area contributed by atoms with Crippen LogP contribution in [0.15, 0.2) is 11.6 Å². The van der Waals surface area contributed by atoms with Gasteiger partial charge >= 0.3 is 0 Å². The molecule has 4 rings (SSSR count). The molecule has 0 radical (unpaired) electrons. The fraction of sp³-hybridized carbons (Fsp3) is 0.812. The van der Waals surface area contributed by atoms with Crippen molar-refractivity contribution in [2.45, 2.75) is 50.7 Å². The molecule has 0 aromatic carbocycles. The molecule has 0 amide bonds. The van der Waals surface area contributed by atoms with Crippen LogP contribution in [-0.4, -0.2) is 58.7 Å². The molecule has 3 aliphatic rings. The molecular weight excluding hydrogens is 294 g/mol. The zero-order chi connectivity index (χ0) is 15.5. The SMILES string of the molecule is C1=C(Cn2nnnc2N2CCOC3(CCOCC3)C2)CCCC1. The summed E-state index contributed by atoms with van der Waals surface area (Å²) < 4.78 is 13.6. The molecule has 1 aromatic rings. The van der Waals surface area contributed by atoms with E-state index in [0.29, 0.717) is 0 Å². The van der Waals surface area contributed by atoms with E-state index in [-0.39, 0.29) is 5.60 Å². The lowest BCUT2D eigenvalue weighted by Gasteiger charge is -2.44. The van der Waals surface area contributed by atoms with Crippen LogP contribution >= 0.6 is 0 Å². The molecule has 2 fully saturated rings. The van der Waals surface area contributed by atoms with Gasteiger partial charge in [-0.15, -0.1) is 0 Å². The molecule has 23 heavy (non-hydrogen) atoms. The monoisotopic (exact) mass is 319 g/mol. The molecule has 3 heterocycles. The number of aromatic nitrogens is 4. The molecule has 2 saturated heterocycles. The van der Waals surface area contributed by atoms with Gasteiger partial charge in [-0.1, -0.05) is 16.7 Å². The van der Waals surface area contributed by atoms with Crippen molar-refractivity contribution in [1.82, 2.24) is 20.2 Å². The Morgan fingerprint density at radius 2 is 2.09 bits per heavy atom. The minimum absolute atomic E-state index is 0.0859. The van der Waals surface area contributed by atoms with Gasteiger partial charge < -0.3 is 14.4 Å². The first-order chi connectivity index (χ1) is 11.3. The number of morpholine rings is 1. The van der Waals surface area contributed by atoms with Gasteiger partial charge in [0.1, 0.15) is 0 Å². The smallest absolute Gasteiger partial charge is 0.246 e. The van der Waals surface area contributed by atoms with Gasteiger partial charge in [-0.3, -0.25) is 0 Å². The van der Waals surface area contributed by atoms with E-state index in [4.69, 9.17) is 9.47 Å². The van der Waals surface area contributed by atoms with Crippen molar-refractivity contribution in [2.24, 2.45) is 0 Å². The number of ether oxygens (including phenoxy) is 2. The van der Waals surface area contributed by atoms with E-state index in [1.807, 2.05) is 4.68 Å². The highest BCUT2D eigenvalue weighted by molar-refractivity contribution is 5.31. The first kappa shape index (κ1) is 15.1. The highest BCUT2D eigenvalue weighted by atomic mass is 16.5. The average molecular weight is 319 g/mol. The normalized spacial score (nSPS) is 24.7. The number of allylic oxidation sites excluding steroid dienone is 2. The number of hydrogen-bond donors (Lipinski definition) is 0. The molecule has 0 unspecified atom stereocenters. The first-order valence-electron chi connectivity index (χ1n) is 8.75. The fourth-order valence-electron chi connectivity index (χ4n) is 3.83. The van der Waals surface area contributed by atoms with E-state index in [1.165, 1.54) is 31.3 Å². The van der Waals surface area contributed by atoms with E-state index >= 15 is 0 Å². The number of hydrogen-bond acceptors (Lipinski definition) is 6. The predicted molar refractivity (Wildman–Crippen MR) is 85.3 cm³/mol. The molecule has 0 saturated carbocycles. The molecule has 1 spiro atoms. The van der Waals surface area contributed by atoms with Crippen molar-refractivity contribution >= 4 is 5.95 Å². The molecule has 7 heteroatoms.